The van der Waals surface area contributed by atoms with Crippen LogP contribution in [0.5, 0.6) is 23.0 Å². The second kappa shape index (κ2) is 37.6. The number of amides is 4. The van der Waals surface area contributed by atoms with Crippen LogP contribution in [0, 0.1) is 0 Å². The summed E-state index contributed by atoms with van der Waals surface area (Å²) in [5.41, 5.74) is 9.27. The normalized spacial score (nSPS) is 13.3. The molecule has 4 atom stereocenters. The van der Waals surface area contributed by atoms with E-state index in [1.807, 2.05) is 170 Å². The summed E-state index contributed by atoms with van der Waals surface area (Å²) in [6, 6.07) is 48.8. The summed E-state index contributed by atoms with van der Waals surface area (Å²) in [5.74, 6) is -3.88. The van der Waals surface area contributed by atoms with E-state index in [0.29, 0.717) is 67.5 Å². The van der Waals surface area contributed by atoms with Gasteiger partial charge in [0.15, 0.2) is 26.4 Å². The first kappa shape index (κ1) is 84.7. The van der Waals surface area contributed by atoms with Crippen molar-refractivity contribution >= 4 is 47.5 Å². The van der Waals surface area contributed by atoms with Gasteiger partial charge >= 0.3 is 23.9 Å². The van der Waals surface area contributed by atoms with Crippen LogP contribution in [0.1, 0.15) is 200 Å². The number of rotatable bonds is 28. The third kappa shape index (κ3) is 24.4. The highest BCUT2D eigenvalue weighted by molar-refractivity contribution is 5.87. The second-order valence-electron chi connectivity index (χ2n) is 32.9. The van der Waals surface area contributed by atoms with Gasteiger partial charge in [-0.1, -0.05) is 253 Å². The van der Waals surface area contributed by atoms with Gasteiger partial charge < -0.3 is 59.2 Å². The van der Waals surface area contributed by atoms with E-state index in [-0.39, 0.29) is 52.1 Å². The monoisotopic (exact) mass is 1520 g/mol. The van der Waals surface area contributed by atoms with Crippen molar-refractivity contribution in [3.8, 4) is 23.0 Å². The molecular weight excluding hydrogens is 1420 g/mol. The van der Waals surface area contributed by atoms with Gasteiger partial charge in [-0.2, -0.15) is 0 Å². The van der Waals surface area contributed by atoms with Gasteiger partial charge in [0.1, 0.15) is 73.6 Å². The van der Waals surface area contributed by atoms with Crippen LogP contribution in [0.25, 0.3) is 0 Å². The highest BCUT2D eigenvalue weighted by Gasteiger charge is 2.33. The number of nitrogens with one attached hydrogen (secondary N) is 4. The van der Waals surface area contributed by atoms with Crippen molar-refractivity contribution < 1.29 is 76.3 Å². The molecule has 4 N–H and O–H groups in total. The van der Waals surface area contributed by atoms with Crippen LogP contribution >= 0.6 is 0 Å². The first-order valence-corrected chi connectivity index (χ1v) is 38.1. The van der Waals surface area contributed by atoms with E-state index in [0.717, 1.165) is 44.5 Å². The molecule has 0 spiro atoms. The van der Waals surface area contributed by atoms with Crippen molar-refractivity contribution in [3.05, 3.63) is 259 Å². The van der Waals surface area contributed by atoms with Gasteiger partial charge in [0.25, 0.3) is 23.6 Å². The van der Waals surface area contributed by atoms with E-state index in [1.165, 1.54) is 27.7 Å². The average molecular weight is 1530 g/mol. The molecular formula is C92H108N4O16. The highest BCUT2D eigenvalue weighted by atomic mass is 16.6. The van der Waals surface area contributed by atoms with E-state index in [9.17, 15) is 38.4 Å². The summed E-state index contributed by atoms with van der Waals surface area (Å²) < 4.78 is 50.4. The molecule has 8 bridgehead atoms. The molecule has 9 rings (SSSR count). The fourth-order valence-electron chi connectivity index (χ4n) is 12.7. The fraction of sp³-hybridized carbons (Fsp3) is 0.391. The third-order valence-corrected chi connectivity index (χ3v) is 19.2. The minimum atomic E-state index is -1.08. The van der Waals surface area contributed by atoms with Gasteiger partial charge in [0.05, 0.1) is 0 Å². The van der Waals surface area contributed by atoms with Crippen molar-refractivity contribution in [2.24, 2.45) is 0 Å². The Morgan fingerprint density at radius 1 is 0.277 bits per heavy atom. The first-order chi connectivity index (χ1) is 52.9. The zero-order valence-electron chi connectivity index (χ0n) is 67.5. The number of hydrogen-bond acceptors (Lipinski definition) is 16. The molecule has 0 aliphatic heterocycles. The Morgan fingerprint density at radius 2 is 0.438 bits per heavy atom. The van der Waals surface area contributed by atoms with Crippen molar-refractivity contribution in [1.29, 1.82) is 0 Å². The SMILES string of the molecule is C[C@H](NC(=O)COc1c2cc(C(C)(C)C)cc1Cc1cc(C(C)(C)C)cc(c1OCC(=O)N[C@@H](C)C(=O)OCc1ccccc1)Cc1cc(C(C)(C)C)cc(c1OCC(=O)N[C@@H](C)C(=O)OCc1ccccc1)Cc1cc(C(C)(C)C)cc(c1OCC(=O)N[C@@H](C)C(=O)OCc1ccccc1)C2)C(=O)OCc1ccccc1. The second-order valence-corrected chi connectivity index (χ2v) is 32.9. The van der Waals surface area contributed by atoms with Gasteiger partial charge in [-0.15, -0.1) is 0 Å². The molecule has 1 aliphatic rings. The van der Waals surface area contributed by atoms with Crippen LogP contribution in [-0.4, -0.2) is 98.1 Å². The van der Waals surface area contributed by atoms with Crippen LogP contribution < -0.4 is 40.2 Å². The zero-order chi connectivity index (χ0) is 81.2. The standard InChI is InChI=1S/C92H108N4O16/c1-57(85(101)109-49-61-29-21-17-22-30-61)93-77(97)53-105-81-65-37-67-43-74(90(8,9)10)45-69(82(67)106-54-78(98)94-58(2)86(102)110-50-62-31-23-18-24-32-62)39-71-47-76(92(14,15)16)48-72(84(71)108-56-80(100)96-60(4)88(104)112-52-64-35-27-20-28-36-64)40-70-46-75(91(11,12)13)44-68(38-66(81)42-73(41-65)89(5,6)7)83(70)107-55-79(99)95-59(3)87(103)111-51-63-33-25-19-26-34-63/h17-36,41-48,57-60H,37-40,49-56H2,1-16H3,(H,93,97)(H,94,98)(H,95,99)(H,96,100)/t57-,58-,59-,60-/m0/s1. The molecule has 112 heavy (non-hydrogen) atoms. The molecule has 0 fully saturated rings. The number of carbonyl (C=O) groups excluding carboxylic acids is 8. The summed E-state index contributed by atoms with van der Waals surface area (Å²) >= 11 is 0. The van der Waals surface area contributed by atoms with Gasteiger partial charge in [0.2, 0.25) is 0 Å². The average Bonchev–Trinajstić information content (AvgIpc) is 0.760. The lowest BCUT2D eigenvalue weighted by molar-refractivity contribution is -0.149. The Hall–Kier alpha value is -11.3. The van der Waals surface area contributed by atoms with Crippen molar-refractivity contribution in [3.63, 3.8) is 0 Å². The van der Waals surface area contributed by atoms with Crippen LogP contribution in [0.4, 0.5) is 0 Å². The molecule has 0 heterocycles. The number of ether oxygens (including phenoxy) is 8. The third-order valence-electron chi connectivity index (χ3n) is 19.2. The Morgan fingerprint density at radius 3 is 0.589 bits per heavy atom. The molecule has 0 aromatic heterocycles. The number of esters is 4. The molecule has 1 aliphatic carbocycles. The summed E-state index contributed by atoms with van der Waals surface area (Å²) in [7, 11) is 0. The molecule has 0 unspecified atom stereocenters. The van der Waals surface area contributed by atoms with Gasteiger partial charge in [0, 0.05) is 25.7 Å². The molecule has 20 nitrogen and oxygen atoms in total. The summed E-state index contributed by atoms with van der Waals surface area (Å²) in [6.45, 7) is 28.9. The lowest BCUT2D eigenvalue weighted by Crippen LogP contribution is -2.42. The maximum absolute atomic E-state index is 14.5. The van der Waals surface area contributed by atoms with E-state index in [2.05, 4.69) is 104 Å². The topological polar surface area (TPSA) is 259 Å². The van der Waals surface area contributed by atoms with E-state index in [4.69, 9.17) is 37.9 Å². The molecule has 20 heteroatoms. The quantitative estimate of drug-likeness (QED) is 0.0262. The van der Waals surface area contributed by atoms with Gasteiger partial charge in [-0.25, -0.2) is 19.2 Å². The van der Waals surface area contributed by atoms with Crippen LogP contribution in [0.15, 0.2) is 170 Å². The molecule has 592 valence electrons. The Bertz CT molecular complexity index is 3970. The van der Waals surface area contributed by atoms with E-state index < -0.39 is 120 Å². The maximum atomic E-state index is 14.5. The Balaban J connectivity index is 1.24. The Kier molecular flexibility index (Phi) is 28.5. The fourth-order valence-corrected chi connectivity index (χ4v) is 12.7. The van der Waals surface area contributed by atoms with Crippen LogP contribution in [0.2, 0.25) is 0 Å². The largest absolute Gasteiger partial charge is 0.483 e. The molecule has 0 saturated carbocycles. The smallest absolute Gasteiger partial charge is 0.328 e. The van der Waals surface area contributed by atoms with Crippen LogP contribution in [-0.2, 0) is 131 Å². The van der Waals surface area contributed by atoms with Gasteiger partial charge in [-0.05, 0) is 138 Å². The highest BCUT2D eigenvalue weighted by Crippen LogP contribution is 2.45. The number of fused-ring (bicyclic) bond motifs is 8. The molecule has 4 amide bonds. The minimum Gasteiger partial charge on any atom is -0.483 e. The molecule has 0 radical (unpaired) electrons. The van der Waals surface area contributed by atoms with Crippen molar-refractivity contribution in [2.75, 3.05) is 26.4 Å². The predicted molar refractivity (Wildman–Crippen MR) is 429 cm³/mol. The maximum Gasteiger partial charge on any atom is 0.328 e. The molecule has 8 aromatic rings. The summed E-state index contributed by atoms with van der Waals surface area (Å²) in [6.07, 6.45) is 0.213. The zero-order valence-corrected chi connectivity index (χ0v) is 67.5. The van der Waals surface area contributed by atoms with E-state index in [1.54, 1.807) is 0 Å². The first-order valence-electron chi connectivity index (χ1n) is 38.1. The van der Waals surface area contributed by atoms with Crippen molar-refractivity contribution in [2.45, 2.75) is 209 Å². The number of hydrogen-bond donors (Lipinski definition) is 4. The van der Waals surface area contributed by atoms with Crippen LogP contribution in [0.3, 0.4) is 0 Å². The number of benzene rings is 8. The number of carbonyl (C=O) groups is 8. The lowest BCUT2D eigenvalue weighted by atomic mass is 9.79. The van der Waals surface area contributed by atoms with E-state index >= 15 is 0 Å². The van der Waals surface area contributed by atoms with Gasteiger partial charge in [-0.3, -0.25) is 19.2 Å². The van der Waals surface area contributed by atoms with Crippen molar-refractivity contribution in [1.82, 2.24) is 21.3 Å². The lowest BCUT2D eigenvalue weighted by Gasteiger charge is -2.29. The molecule has 0 saturated heterocycles. The Labute approximate surface area is 658 Å². The summed E-state index contributed by atoms with van der Waals surface area (Å²) in [5, 5.41) is 11.2. The predicted octanol–water partition coefficient (Wildman–Crippen LogP) is 14.1. The summed E-state index contributed by atoms with van der Waals surface area (Å²) in [4.78, 5) is 112. The molecule has 8 aromatic carbocycles. The minimum absolute atomic E-state index is 0.00785.